The van der Waals surface area contributed by atoms with E-state index in [9.17, 15) is 0 Å². The van der Waals surface area contributed by atoms with Gasteiger partial charge in [-0.3, -0.25) is 0 Å². The molecule has 0 aliphatic heterocycles. The Bertz CT molecular complexity index is 585. The van der Waals surface area contributed by atoms with Gasteiger partial charge in [0.1, 0.15) is 0 Å². The number of benzene rings is 1. The van der Waals surface area contributed by atoms with Crippen LogP contribution in [0, 0.1) is 6.92 Å². The molecule has 1 saturated carbocycles. The largest absolute Gasteiger partial charge is 0.360 e. The normalized spacial score (nSPS) is 18.3. The summed E-state index contributed by atoms with van der Waals surface area (Å²) in [6.07, 6.45) is 9.09. The lowest BCUT2D eigenvalue weighted by atomic mass is 9.88. The van der Waals surface area contributed by atoms with Crippen LogP contribution in [-0.4, -0.2) is 22.5 Å². The van der Waals surface area contributed by atoms with Gasteiger partial charge in [-0.1, -0.05) is 36.7 Å². The van der Waals surface area contributed by atoms with E-state index in [4.69, 9.17) is 4.98 Å². The van der Waals surface area contributed by atoms with E-state index in [1.807, 2.05) is 11.8 Å². The van der Waals surface area contributed by atoms with Gasteiger partial charge < -0.3 is 5.32 Å². The van der Waals surface area contributed by atoms with Crippen LogP contribution in [0.25, 0.3) is 10.2 Å². The van der Waals surface area contributed by atoms with Gasteiger partial charge in [-0.15, -0.1) is 0 Å². The monoisotopic (exact) mass is 306 g/mol. The van der Waals surface area contributed by atoms with Crippen LogP contribution in [-0.2, 0) is 0 Å². The van der Waals surface area contributed by atoms with Crippen LogP contribution in [0.1, 0.15) is 37.7 Å². The number of aryl methyl sites for hydroxylation is 1. The third-order valence-corrected chi connectivity index (χ3v) is 6.72. The molecule has 0 unspecified atom stereocenters. The van der Waals surface area contributed by atoms with Crippen molar-refractivity contribution in [1.82, 2.24) is 4.98 Å². The fourth-order valence-electron chi connectivity index (χ4n) is 3.00. The molecule has 108 valence electrons. The number of hydrogen-bond acceptors (Lipinski definition) is 4. The van der Waals surface area contributed by atoms with E-state index in [0.29, 0.717) is 4.75 Å². The predicted octanol–water partition coefficient (Wildman–Crippen LogP) is 5.08. The molecule has 4 heteroatoms. The van der Waals surface area contributed by atoms with Crippen LogP contribution < -0.4 is 5.32 Å². The summed E-state index contributed by atoms with van der Waals surface area (Å²) < 4.78 is 1.70. The van der Waals surface area contributed by atoms with E-state index in [-0.39, 0.29) is 0 Å². The van der Waals surface area contributed by atoms with Crippen LogP contribution in [0.4, 0.5) is 5.13 Å². The molecule has 0 bridgehead atoms. The van der Waals surface area contributed by atoms with Crippen LogP contribution in [0.5, 0.6) is 0 Å². The summed E-state index contributed by atoms with van der Waals surface area (Å²) in [5.74, 6) is 0. The molecule has 1 N–H and O–H groups in total. The Kier molecular flexibility index (Phi) is 4.22. The maximum atomic E-state index is 4.72. The third-order valence-electron chi connectivity index (χ3n) is 4.30. The number of thioether (sulfide) groups is 1. The second kappa shape index (κ2) is 5.94. The van der Waals surface area contributed by atoms with E-state index >= 15 is 0 Å². The van der Waals surface area contributed by atoms with Crippen molar-refractivity contribution in [2.75, 3.05) is 18.1 Å². The number of nitrogens with one attached hydrogen (secondary N) is 1. The topological polar surface area (TPSA) is 24.9 Å². The number of hydrogen-bond donors (Lipinski definition) is 1. The lowest BCUT2D eigenvalue weighted by Gasteiger charge is -2.35. The summed E-state index contributed by atoms with van der Waals surface area (Å²) >= 11 is 3.81. The highest BCUT2D eigenvalue weighted by atomic mass is 32.2. The van der Waals surface area contributed by atoms with Gasteiger partial charge >= 0.3 is 0 Å². The fourth-order valence-corrected chi connectivity index (χ4v) is 4.75. The van der Waals surface area contributed by atoms with Crippen LogP contribution in [0.2, 0.25) is 0 Å². The van der Waals surface area contributed by atoms with Crippen molar-refractivity contribution in [2.24, 2.45) is 0 Å². The number of thiazole rings is 1. The average molecular weight is 307 g/mol. The quantitative estimate of drug-likeness (QED) is 0.852. The Labute approximate surface area is 129 Å². The molecule has 2 aromatic rings. The Morgan fingerprint density at radius 3 is 2.85 bits per heavy atom. The summed E-state index contributed by atoms with van der Waals surface area (Å²) in [4.78, 5) is 4.72. The molecule has 0 radical (unpaired) electrons. The molecule has 1 heterocycles. The standard InChI is InChI=1S/C16H22N2S2/c1-12-6-7-14-13(10-12)18-15(20-14)17-11-16(19-2)8-4-3-5-9-16/h6-7,10H,3-5,8-9,11H2,1-2H3,(H,17,18). The van der Waals surface area contributed by atoms with Gasteiger partial charge in [-0.2, -0.15) is 11.8 Å². The predicted molar refractivity (Wildman–Crippen MR) is 92.2 cm³/mol. The first-order valence-electron chi connectivity index (χ1n) is 7.37. The van der Waals surface area contributed by atoms with Gasteiger partial charge in [0.15, 0.2) is 5.13 Å². The van der Waals surface area contributed by atoms with Crippen LogP contribution in [0.3, 0.4) is 0 Å². The number of anilines is 1. The lowest BCUT2D eigenvalue weighted by Crippen LogP contribution is -2.35. The van der Waals surface area contributed by atoms with Gasteiger partial charge in [0.2, 0.25) is 0 Å². The van der Waals surface area contributed by atoms with E-state index in [2.05, 4.69) is 36.7 Å². The minimum absolute atomic E-state index is 0.423. The van der Waals surface area contributed by atoms with Gasteiger partial charge in [0.05, 0.1) is 10.2 Å². The molecule has 1 aromatic carbocycles. The third kappa shape index (κ3) is 2.96. The van der Waals surface area contributed by atoms with E-state index < -0.39 is 0 Å². The first kappa shape index (κ1) is 14.2. The molecule has 1 aliphatic rings. The first-order valence-corrected chi connectivity index (χ1v) is 9.41. The van der Waals surface area contributed by atoms with Crippen molar-refractivity contribution in [3.05, 3.63) is 23.8 Å². The van der Waals surface area contributed by atoms with Crippen molar-refractivity contribution >= 4 is 38.4 Å². The Hall–Kier alpha value is -0.740. The lowest BCUT2D eigenvalue weighted by molar-refractivity contribution is 0.411. The number of rotatable bonds is 4. The minimum Gasteiger partial charge on any atom is -0.360 e. The summed E-state index contributed by atoms with van der Waals surface area (Å²) in [6.45, 7) is 3.17. The second-order valence-corrected chi connectivity index (χ2v) is 8.10. The highest BCUT2D eigenvalue weighted by Crippen LogP contribution is 2.39. The van der Waals surface area contributed by atoms with Crippen LogP contribution >= 0.6 is 23.1 Å². The van der Waals surface area contributed by atoms with E-state index in [0.717, 1.165) is 17.2 Å². The fraction of sp³-hybridized carbons (Fsp3) is 0.562. The summed E-state index contributed by atoms with van der Waals surface area (Å²) in [6, 6.07) is 6.51. The average Bonchev–Trinajstić information content (AvgIpc) is 2.88. The molecule has 0 amide bonds. The SMILES string of the molecule is CSC1(CNc2nc3cc(C)ccc3s2)CCCCC1. The van der Waals surface area contributed by atoms with Gasteiger partial charge in [0, 0.05) is 11.3 Å². The summed E-state index contributed by atoms with van der Waals surface area (Å²) in [5.41, 5.74) is 2.40. The van der Waals surface area contributed by atoms with Gasteiger partial charge in [-0.05, 0) is 43.7 Å². The molecule has 1 aromatic heterocycles. The molecule has 0 atom stereocenters. The summed E-state index contributed by atoms with van der Waals surface area (Å²) in [5, 5.41) is 4.68. The smallest absolute Gasteiger partial charge is 0.183 e. The Balaban J connectivity index is 1.72. The zero-order valence-electron chi connectivity index (χ0n) is 12.2. The Morgan fingerprint density at radius 1 is 1.30 bits per heavy atom. The van der Waals surface area contributed by atoms with Crippen molar-refractivity contribution in [3.8, 4) is 0 Å². The zero-order valence-corrected chi connectivity index (χ0v) is 13.9. The number of nitrogens with zero attached hydrogens (tertiary/aromatic N) is 1. The minimum atomic E-state index is 0.423. The highest BCUT2D eigenvalue weighted by molar-refractivity contribution is 8.00. The van der Waals surface area contributed by atoms with Gasteiger partial charge in [0.25, 0.3) is 0 Å². The molecule has 0 spiro atoms. The molecular weight excluding hydrogens is 284 g/mol. The van der Waals surface area contributed by atoms with Crippen molar-refractivity contribution in [1.29, 1.82) is 0 Å². The molecule has 1 fully saturated rings. The van der Waals surface area contributed by atoms with Crippen LogP contribution in [0.15, 0.2) is 18.2 Å². The molecule has 3 rings (SSSR count). The second-order valence-electron chi connectivity index (χ2n) is 5.79. The molecule has 0 saturated heterocycles. The van der Waals surface area contributed by atoms with E-state index in [1.54, 1.807) is 11.3 Å². The number of aromatic nitrogens is 1. The van der Waals surface area contributed by atoms with Gasteiger partial charge in [-0.25, -0.2) is 4.98 Å². The maximum absolute atomic E-state index is 4.72. The summed E-state index contributed by atoms with van der Waals surface area (Å²) in [7, 11) is 0. The van der Waals surface area contributed by atoms with Crippen molar-refractivity contribution in [3.63, 3.8) is 0 Å². The molecule has 1 aliphatic carbocycles. The molecule has 2 nitrogen and oxygen atoms in total. The maximum Gasteiger partial charge on any atom is 0.183 e. The molecule has 20 heavy (non-hydrogen) atoms. The van der Waals surface area contributed by atoms with E-state index in [1.165, 1.54) is 42.4 Å². The zero-order chi connectivity index (χ0) is 14.0. The highest BCUT2D eigenvalue weighted by Gasteiger charge is 2.31. The van der Waals surface area contributed by atoms with Crippen molar-refractivity contribution in [2.45, 2.75) is 43.8 Å². The Morgan fingerprint density at radius 2 is 2.10 bits per heavy atom. The first-order chi connectivity index (χ1) is 9.71. The number of fused-ring (bicyclic) bond motifs is 1. The molecular formula is C16H22N2S2. The van der Waals surface area contributed by atoms with Crippen molar-refractivity contribution < 1.29 is 0 Å².